The largest absolute Gasteiger partial charge is 0.496 e. The minimum Gasteiger partial charge on any atom is -0.496 e. The number of rotatable bonds is 7. The van der Waals surface area contributed by atoms with E-state index in [1.54, 1.807) is 13.4 Å². The van der Waals surface area contributed by atoms with Gasteiger partial charge >= 0.3 is 0 Å². The van der Waals surface area contributed by atoms with Crippen LogP contribution in [-0.4, -0.2) is 23.6 Å². The van der Waals surface area contributed by atoms with Crippen LogP contribution in [0.5, 0.6) is 5.75 Å². The first-order valence-electron chi connectivity index (χ1n) is 7.00. The van der Waals surface area contributed by atoms with Gasteiger partial charge in [0.15, 0.2) is 0 Å². The Morgan fingerprint density at radius 3 is 2.80 bits per heavy atom. The van der Waals surface area contributed by atoms with Gasteiger partial charge in [-0.15, -0.1) is 0 Å². The number of nitrogens with zero attached hydrogens (tertiary/aromatic N) is 2. The van der Waals surface area contributed by atoms with Crippen LogP contribution in [0.3, 0.4) is 0 Å². The van der Waals surface area contributed by atoms with Crippen LogP contribution < -0.4 is 10.1 Å². The molecule has 0 amide bonds. The Bertz CT molecular complexity index is 543. The molecule has 106 valence electrons. The maximum atomic E-state index is 5.35. The topological polar surface area (TPSA) is 47.0 Å². The minimum atomic E-state index is 0.822. The lowest BCUT2D eigenvalue weighted by molar-refractivity contribution is 0.410. The Morgan fingerprint density at radius 1 is 1.15 bits per heavy atom. The molecule has 0 atom stereocenters. The van der Waals surface area contributed by atoms with Crippen LogP contribution in [0.25, 0.3) is 0 Å². The van der Waals surface area contributed by atoms with Gasteiger partial charge in [-0.2, -0.15) is 0 Å². The zero-order valence-corrected chi connectivity index (χ0v) is 12.1. The number of aromatic nitrogens is 2. The molecular formula is C16H21N3O. The molecule has 0 saturated carbocycles. The molecule has 0 bridgehead atoms. The average Bonchev–Trinajstić information content (AvgIpc) is 2.48. The molecule has 1 aromatic heterocycles. The summed E-state index contributed by atoms with van der Waals surface area (Å²) < 4.78 is 5.35. The summed E-state index contributed by atoms with van der Waals surface area (Å²) in [5.41, 5.74) is 2.28. The van der Waals surface area contributed by atoms with Crippen LogP contribution in [0, 0.1) is 0 Å². The summed E-state index contributed by atoms with van der Waals surface area (Å²) in [6.45, 7) is 2.97. The molecule has 1 heterocycles. The van der Waals surface area contributed by atoms with E-state index in [2.05, 4.69) is 28.3 Å². The quantitative estimate of drug-likeness (QED) is 0.840. The third kappa shape index (κ3) is 3.95. The molecule has 4 heteroatoms. The highest BCUT2D eigenvalue weighted by molar-refractivity contribution is 5.37. The SMILES string of the molecule is CCCc1cc(NCCc2ccccc2OC)ncn1. The Kier molecular flexibility index (Phi) is 5.35. The van der Waals surface area contributed by atoms with E-state index in [9.17, 15) is 0 Å². The Hall–Kier alpha value is -2.10. The lowest BCUT2D eigenvalue weighted by Gasteiger charge is -2.09. The van der Waals surface area contributed by atoms with Crippen LogP contribution in [-0.2, 0) is 12.8 Å². The number of para-hydroxylation sites is 1. The molecule has 2 rings (SSSR count). The summed E-state index contributed by atoms with van der Waals surface area (Å²) in [4.78, 5) is 8.49. The normalized spacial score (nSPS) is 10.3. The molecule has 0 fully saturated rings. The second kappa shape index (κ2) is 7.48. The number of methoxy groups -OCH3 is 1. The van der Waals surface area contributed by atoms with Crippen molar-refractivity contribution in [2.45, 2.75) is 26.2 Å². The van der Waals surface area contributed by atoms with Crippen molar-refractivity contribution in [2.24, 2.45) is 0 Å². The third-order valence-corrected chi connectivity index (χ3v) is 3.12. The highest BCUT2D eigenvalue weighted by Gasteiger charge is 2.02. The van der Waals surface area contributed by atoms with E-state index in [0.29, 0.717) is 0 Å². The lowest BCUT2D eigenvalue weighted by atomic mass is 10.1. The number of anilines is 1. The zero-order valence-electron chi connectivity index (χ0n) is 12.1. The van der Waals surface area contributed by atoms with Gasteiger partial charge in [0.2, 0.25) is 0 Å². The van der Waals surface area contributed by atoms with E-state index >= 15 is 0 Å². The Morgan fingerprint density at radius 2 is 2.00 bits per heavy atom. The summed E-state index contributed by atoms with van der Waals surface area (Å²) in [5.74, 6) is 1.82. The lowest BCUT2D eigenvalue weighted by Crippen LogP contribution is -2.08. The second-order valence-corrected chi connectivity index (χ2v) is 4.63. The smallest absolute Gasteiger partial charge is 0.129 e. The predicted octanol–water partition coefficient (Wildman–Crippen LogP) is 3.09. The fraction of sp³-hybridized carbons (Fsp3) is 0.375. The first-order chi connectivity index (χ1) is 9.83. The first-order valence-corrected chi connectivity index (χ1v) is 7.00. The molecule has 0 aliphatic rings. The number of ether oxygens (including phenoxy) is 1. The molecule has 2 aromatic rings. The molecule has 0 aliphatic heterocycles. The van der Waals surface area contributed by atoms with Gasteiger partial charge in [0.25, 0.3) is 0 Å². The molecular weight excluding hydrogens is 250 g/mol. The number of aryl methyl sites for hydroxylation is 1. The third-order valence-electron chi connectivity index (χ3n) is 3.12. The summed E-state index contributed by atoms with van der Waals surface area (Å²) in [6, 6.07) is 10.1. The fourth-order valence-electron chi connectivity index (χ4n) is 2.12. The maximum absolute atomic E-state index is 5.35. The van der Waals surface area contributed by atoms with Crippen molar-refractivity contribution in [3.63, 3.8) is 0 Å². The van der Waals surface area contributed by atoms with E-state index < -0.39 is 0 Å². The van der Waals surface area contributed by atoms with Crippen LogP contribution >= 0.6 is 0 Å². The van der Waals surface area contributed by atoms with E-state index in [0.717, 1.165) is 43.1 Å². The van der Waals surface area contributed by atoms with Crippen LogP contribution in [0.15, 0.2) is 36.7 Å². The summed E-state index contributed by atoms with van der Waals surface area (Å²) in [6.07, 6.45) is 4.61. The molecule has 0 unspecified atom stereocenters. The summed E-state index contributed by atoms with van der Waals surface area (Å²) in [5, 5.41) is 3.34. The Labute approximate surface area is 120 Å². The molecule has 0 saturated heterocycles. The van der Waals surface area contributed by atoms with Gasteiger partial charge in [-0.25, -0.2) is 9.97 Å². The second-order valence-electron chi connectivity index (χ2n) is 4.63. The van der Waals surface area contributed by atoms with Gasteiger partial charge in [0.1, 0.15) is 17.9 Å². The standard InChI is InChI=1S/C16H21N3O/c1-3-6-14-11-16(19-12-18-14)17-10-9-13-7-4-5-8-15(13)20-2/h4-5,7-8,11-12H,3,6,9-10H2,1-2H3,(H,17,18,19). The Balaban J connectivity index is 1.91. The molecule has 0 radical (unpaired) electrons. The summed E-state index contributed by atoms with van der Waals surface area (Å²) in [7, 11) is 1.70. The number of nitrogens with one attached hydrogen (secondary N) is 1. The monoisotopic (exact) mass is 271 g/mol. The van der Waals surface area contributed by atoms with E-state index in [4.69, 9.17) is 4.74 Å². The van der Waals surface area contributed by atoms with Crippen LogP contribution in [0.1, 0.15) is 24.6 Å². The van der Waals surface area contributed by atoms with Crippen molar-refractivity contribution in [1.29, 1.82) is 0 Å². The molecule has 1 N–H and O–H groups in total. The van der Waals surface area contributed by atoms with Crippen molar-refractivity contribution >= 4 is 5.82 Å². The molecule has 20 heavy (non-hydrogen) atoms. The van der Waals surface area contributed by atoms with Gasteiger partial charge in [-0.05, 0) is 24.5 Å². The predicted molar refractivity (Wildman–Crippen MR) is 81.2 cm³/mol. The van der Waals surface area contributed by atoms with Crippen molar-refractivity contribution < 1.29 is 4.74 Å². The average molecular weight is 271 g/mol. The van der Waals surface area contributed by atoms with Gasteiger partial charge in [-0.1, -0.05) is 31.5 Å². The van der Waals surface area contributed by atoms with Gasteiger partial charge in [0.05, 0.1) is 7.11 Å². The van der Waals surface area contributed by atoms with Crippen LogP contribution in [0.4, 0.5) is 5.82 Å². The van der Waals surface area contributed by atoms with E-state index in [-0.39, 0.29) is 0 Å². The van der Waals surface area contributed by atoms with Crippen molar-refractivity contribution in [2.75, 3.05) is 19.0 Å². The molecule has 1 aromatic carbocycles. The van der Waals surface area contributed by atoms with Crippen molar-refractivity contribution in [3.8, 4) is 5.75 Å². The van der Waals surface area contributed by atoms with Gasteiger partial charge in [0, 0.05) is 18.3 Å². The highest BCUT2D eigenvalue weighted by atomic mass is 16.5. The van der Waals surface area contributed by atoms with Crippen LogP contribution in [0.2, 0.25) is 0 Å². The van der Waals surface area contributed by atoms with Crippen molar-refractivity contribution in [3.05, 3.63) is 47.9 Å². The van der Waals surface area contributed by atoms with Gasteiger partial charge < -0.3 is 10.1 Å². The summed E-state index contributed by atoms with van der Waals surface area (Å²) >= 11 is 0. The molecule has 4 nitrogen and oxygen atoms in total. The number of benzene rings is 1. The molecule has 0 aliphatic carbocycles. The van der Waals surface area contributed by atoms with E-state index in [1.165, 1.54) is 5.56 Å². The minimum absolute atomic E-state index is 0.822. The van der Waals surface area contributed by atoms with E-state index in [1.807, 2.05) is 24.3 Å². The zero-order chi connectivity index (χ0) is 14.2. The molecule has 0 spiro atoms. The van der Waals surface area contributed by atoms with Crippen molar-refractivity contribution in [1.82, 2.24) is 9.97 Å². The fourth-order valence-corrected chi connectivity index (χ4v) is 2.12. The van der Waals surface area contributed by atoms with Gasteiger partial charge in [-0.3, -0.25) is 0 Å². The maximum Gasteiger partial charge on any atom is 0.129 e. The number of hydrogen-bond donors (Lipinski definition) is 1. The first kappa shape index (κ1) is 14.3. The number of hydrogen-bond acceptors (Lipinski definition) is 4. The highest BCUT2D eigenvalue weighted by Crippen LogP contribution is 2.17.